The van der Waals surface area contributed by atoms with Gasteiger partial charge in [-0.3, -0.25) is 0 Å². The van der Waals surface area contributed by atoms with E-state index in [1.54, 1.807) is 24.3 Å². The zero-order valence-corrected chi connectivity index (χ0v) is 13.4. The molecular weight excluding hydrogens is 254 g/mol. The van der Waals surface area contributed by atoms with E-state index in [1.807, 2.05) is 0 Å². The quantitative estimate of drug-likeness (QED) is 0.658. The lowest BCUT2D eigenvalue weighted by Gasteiger charge is -2.36. The fourth-order valence-corrected chi connectivity index (χ4v) is 2.38. The minimum atomic E-state index is -1.83. The monoisotopic (exact) mass is 277 g/mol. The van der Waals surface area contributed by atoms with E-state index >= 15 is 0 Å². The Balaban J connectivity index is 2.65. The first-order chi connectivity index (χ1) is 8.67. The van der Waals surface area contributed by atoms with E-state index in [0.29, 0.717) is 12.3 Å². The lowest BCUT2D eigenvalue weighted by atomic mass is 10.1. The van der Waals surface area contributed by atoms with Crippen LogP contribution in [0.1, 0.15) is 32.4 Å². The second-order valence-electron chi connectivity index (χ2n) is 6.29. The van der Waals surface area contributed by atoms with E-state index in [2.05, 4.69) is 38.7 Å². The molecule has 0 saturated heterocycles. The summed E-state index contributed by atoms with van der Waals surface area (Å²) in [5.41, 5.74) is 1.38. The molecule has 0 aliphatic heterocycles. The summed E-state index contributed by atoms with van der Waals surface area (Å²) in [7, 11) is -1.83. The van der Waals surface area contributed by atoms with Gasteiger partial charge < -0.3 is 9.53 Å². The number of aliphatic hydroxyl groups is 1. The molecule has 0 aliphatic carbocycles. The normalized spacial score (nSPS) is 13.9. The number of benzene rings is 1. The van der Waals surface area contributed by atoms with Crippen LogP contribution in [0.3, 0.4) is 0 Å². The predicted octanol–water partition coefficient (Wildman–Crippen LogP) is 4.29. The van der Waals surface area contributed by atoms with Crippen molar-refractivity contribution in [3.05, 3.63) is 41.2 Å². The summed E-state index contributed by atoms with van der Waals surface area (Å²) < 4.78 is 6.00. The van der Waals surface area contributed by atoms with E-state index in [0.717, 1.165) is 5.56 Å². The Morgan fingerprint density at radius 3 is 2.21 bits per heavy atom. The highest BCUT2D eigenvalue weighted by atomic mass is 28.4. The number of rotatable bonds is 4. The third-order valence-electron chi connectivity index (χ3n) is 3.82. The summed E-state index contributed by atoms with van der Waals surface area (Å²) in [6, 6.07) is 7.01. The van der Waals surface area contributed by atoms with Gasteiger partial charge in [0.15, 0.2) is 14.0 Å². The highest BCUT2D eigenvalue weighted by Crippen LogP contribution is 2.37. The van der Waals surface area contributed by atoms with Gasteiger partial charge in [0, 0.05) is 0 Å². The Bertz CT molecular complexity index is 455. The molecule has 0 unspecified atom stereocenters. The van der Waals surface area contributed by atoms with Crippen LogP contribution in [-0.4, -0.2) is 20.0 Å². The van der Waals surface area contributed by atoms with E-state index in [9.17, 15) is 5.11 Å². The van der Waals surface area contributed by atoms with Crippen molar-refractivity contribution in [1.29, 1.82) is 0 Å². The van der Waals surface area contributed by atoms with Gasteiger partial charge in [0.25, 0.3) is 0 Å². The molecule has 0 amide bonds. The average molecular weight is 277 g/mol. The van der Waals surface area contributed by atoms with Crippen molar-refractivity contribution in [2.45, 2.75) is 45.0 Å². The number of hydrogen-bond acceptors (Lipinski definition) is 2. The SMILES string of the molecule is [C-]#[N+]c1ccc([C@H](O)CO[Si](C)(C)C(C)(C)C)cc1. The van der Waals surface area contributed by atoms with Gasteiger partial charge in [-0.2, -0.15) is 0 Å². The molecule has 0 bridgehead atoms. The van der Waals surface area contributed by atoms with Gasteiger partial charge in [0.05, 0.1) is 13.2 Å². The van der Waals surface area contributed by atoms with Gasteiger partial charge in [0.2, 0.25) is 0 Å². The van der Waals surface area contributed by atoms with Gasteiger partial charge in [-0.1, -0.05) is 45.0 Å². The van der Waals surface area contributed by atoms with Crippen molar-refractivity contribution < 1.29 is 9.53 Å². The maximum Gasteiger partial charge on any atom is 0.192 e. The van der Waals surface area contributed by atoms with Crippen molar-refractivity contribution in [2.75, 3.05) is 6.61 Å². The molecule has 1 aromatic rings. The largest absolute Gasteiger partial charge is 0.414 e. The fraction of sp³-hybridized carbons (Fsp3) is 0.533. The topological polar surface area (TPSA) is 33.8 Å². The van der Waals surface area contributed by atoms with Crippen LogP contribution in [0.25, 0.3) is 4.85 Å². The van der Waals surface area contributed by atoms with Crippen LogP contribution in [0.4, 0.5) is 5.69 Å². The van der Waals surface area contributed by atoms with E-state index in [1.165, 1.54) is 0 Å². The zero-order chi connectivity index (χ0) is 14.7. The predicted molar refractivity (Wildman–Crippen MR) is 80.8 cm³/mol. The van der Waals surface area contributed by atoms with Crippen molar-refractivity contribution in [2.24, 2.45) is 0 Å². The molecule has 0 heterocycles. The summed E-state index contributed by atoms with van der Waals surface area (Å²) in [5, 5.41) is 10.3. The highest BCUT2D eigenvalue weighted by Gasteiger charge is 2.37. The second-order valence-corrected chi connectivity index (χ2v) is 11.1. The molecule has 1 N–H and O–H groups in total. The van der Waals surface area contributed by atoms with Gasteiger partial charge >= 0.3 is 0 Å². The van der Waals surface area contributed by atoms with Crippen LogP contribution < -0.4 is 0 Å². The van der Waals surface area contributed by atoms with Crippen LogP contribution in [0.5, 0.6) is 0 Å². The molecule has 0 fully saturated rings. The van der Waals surface area contributed by atoms with Gasteiger partial charge in [0.1, 0.15) is 6.10 Å². The molecule has 0 radical (unpaired) electrons. The summed E-state index contributed by atoms with van der Waals surface area (Å²) in [6.07, 6.45) is -0.631. The Kier molecular flexibility index (Phi) is 4.91. The number of hydrogen-bond donors (Lipinski definition) is 1. The standard InChI is InChI=1S/C15H23NO2Si/c1-15(2,3)19(5,6)18-11-14(17)12-7-9-13(16-4)10-8-12/h7-10,14,17H,11H2,1-3,5-6H3/t14-/m1/s1. The van der Waals surface area contributed by atoms with Crippen LogP contribution in [0.15, 0.2) is 24.3 Å². The van der Waals surface area contributed by atoms with E-state index < -0.39 is 14.4 Å². The highest BCUT2D eigenvalue weighted by molar-refractivity contribution is 6.74. The maximum absolute atomic E-state index is 10.1. The minimum absolute atomic E-state index is 0.140. The molecular formula is C15H23NO2Si. The summed E-state index contributed by atoms with van der Waals surface area (Å²) in [5.74, 6) is 0. The molecule has 4 heteroatoms. The third-order valence-corrected chi connectivity index (χ3v) is 8.32. The molecule has 0 aromatic heterocycles. The molecule has 104 valence electrons. The molecule has 1 aromatic carbocycles. The van der Waals surface area contributed by atoms with E-state index in [-0.39, 0.29) is 5.04 Å². The van der Waals surface area contributed by atoms with Crippen LogP contribution >= 0.6 is 0 Å². The van der Waals surface area contributed by atoms with Crippen LogP contribution in [0.2, 0.25) is 18.1 Å². The van der Waals surface area contributed by atoms with Crippen LogP contribution in [-0.2, 0) is 4.43 Å². The van der Waals surface area contributed by atoms with Crippen molar-refractivity contribution in [3.8, 4) is 0 Å². The summed E-state index contributed by atoms with van der Waals surface area (Å²) >= 11 is 0. The Morgan fingerprint density at radius 1 is 1.26 bits per heavy atom. The first-order valence-electron chi connectivity index (χ1n) is 6.47. The Morgan fingerprint density at radius 2 is 1.79 bits per heavy atom. The molecule has 1 rings (SSSR count). The Labute approximate surface area is 117 Å². The van der Waals surface area contributed by atoms with Gasteiger partial charge in [-0.25, -0.2) is 4.85 Å². The molecule has 1 atom stereocenters. The summed E-state index contributed by atoms with van der Waals surface area (Å²) in [6.45, 7) is 18.1. The Hall–Kier alpha value is -1.15. The number of aliphatic hydroxyl groups excluding tert-OH is 1. The van der Waals surface area contributed by atoms with Crippen molar-refractivity contribution >= 4 is 14.0 Å². The second kappa shape index (κ2) is 5.87. The smallest absolute Gasteiger partial charge is 0.192 e. The average Bonchev–Trinajstić information content (AvgIpc) is 2.35. The van der Waals surface area contributed by atoms with Gasteiger partial charge in [-0.05, 0) is 23.7 Å². The fourth-order valence-electron chi connectivity index (χ4n) is 1.37. The molecule has 0 aliphatic rings. The van der Waals surface area contributed by atoms with Gasteiger partial charge in [-0.15, -0.1) is 0 Å². The molecule has 0 saturated carbocycles. The van der Waals surface area contributed by atoms with Crippen molar-refractivity contribution in [1.82, 2.24) is 0 Å². The minimum Gasteiger partial charge on any atom is -0.414 e. The first kappa shape index (κ1) is 15.9. The molecule has 3 nitrogen and oxygen atoms in total. The lowest BCUT2D eigenvalue weighted by molar-refractivity contribution is 0.100. The first-order valence-corrected chi connectivity index (χ1v) is 9.37. The zero-order valence-electron chi connectivity index (χ0n) is 12.4. The molecule has 0 spiro atoms. The van der Waals surface area contributed by atoms with Crippen molar-refractivity contribution in [3.63, 3.8) is 0 Å². The third kappa shape index (κ3) is 4.17. The molecule has 19 heavy (non-hydrogen) atoms. The summed E-state index contributed by atoms with van der Waals surface area (Å²) in [4.78, 5) is 3.33. The van der Waals surface area contributed by atoms with Crippen LogP contribution in [0, 0.1) is 6.57 Å². The number of nitrogens with zero attached hydrogens (tertiary/aromatic N) is 1. The van der Waals surface area contributed by atoms with E-state index in [4.69, 9.17) is 11.0 Å². The lowest BCUT2D eigenvalue weighted by Crippen LogP contribution is -2.41. The maximum atomic E-state index is 10.1.